The first-order valence-corrected chi connectivity index (χ1v) is 8.13. The van der Waals surface area contributed by atoms with E-state index in [9.17, 15) is 14.4 Å². The summed E-state index contributed by atoms with van der Waals surface area (Å²) in [5.41, 5.74) is 3.49. The molecule has 0 aromatic heterocycles. The number of nitrogens with zero attached hydrogens (tertiary/aromatic N) is 1. The molecule has 0 radical (unpaired) electrons. The number of rotatable bonds is 4. The molecular weight excluding hydrogens is 318 g/mol. The van der Waals surface area contributed by atoms with Crippen LogP contribution in [0, 0.1) is 19.8 Å². The van der Waals surface area contributed by atoms with Crippen molar-refractivity contribution in [1.29, 1.82) is 0 Å². The lowest BCUT2D eigenvalue weighted by molar-refractivity contribution is -0.139. The molecule has 1 atom stereocenters. The number of ether oxygens (including phenoxy) is 1. The molecule has 1 fully saturated rings. The maximum atomic E-state index is 12.4. The first-order chi connectivity index (χ1) is 12.0. The van der Waals surface area contributed by atoms with Crippen LogP contribution in [0.5, 0.6) is 5.75 Å². The molecule has 1 aliphatic heterocycles. The summed E-state index contributed by atoms with van der Waals surface area (Å²) in [6, 6.07) is 12.1. The molecule has 3 rings (SSSR count). The zero-order chi connectivity index (χ0) is 18.0. The van der Waals surface area contributed by atoms with Gasteiger partial charge in [-0.1, -0.05) is 12.1 Å². The summed E-state index contributed by atoms with van der Waals surface area (Å²) >= 11 is 0. The van der Waals surface area contributed by atoms with E-state index in [1.54, 1.807) is 29.2 Å². The van der Waals surface area contributed by atoms with E-state index in [4.69, 9.17) is 4.74 Å². The van der Waals surface area contributed by atoms with Crippen molar-refractivity contribution in [3.63, 3.8) is 0 Å². The van der Waals surface area contributed by atoms with Crippen molar-refractivity contribution in [2.24, 2.45) is 5.92 Å². The van der Waals surface area contributed by atoms with Gasteiger partial charge in [0, 0.05) is 24.2 Å². The highest BCUT2D eigenvalue weighted by molar-refractivity contribution is 6.00. The van der Waals surface area contributed by atoms with Crippen molar-refractivity contribution in [3.05, 3.63) is 59.2 Å². The second-order valence-electron chi connectivity index (χ2n) is 6.23. The highest BCUT2D eigenvalue weighted by Gasteiger charge is 2.37. The minimum atomic E-state index is -0.502. The van der Waals surface area contributed by atoms with E-state index in [1.165, 1.54) is 0 Å². The Balaban J connectivity index is 1.72. The lowest BCUT2D eigenvalue weighted by Gasteiger charge is -2.20. The van der Waals surface area contributed by atoms with Gasteiger partial charge in [-0.2, -0.15) is 0 Å². The number of hydrogen-bond acceptors (Lipinski definition) is 4. The monoisotopic (exact) mass is 337 g/mol. The third-order valence-electron chi connectivity index (χ3n) is 4.56. The minimum absolute atomic E-state index is 0.0769. The van der Waals surface area contributed by atoms with Crippen molar-refractivity contribution in [1.82, 2.24) is 0 Å². The highest BCUT2D eigenvalue weighted by atomic mass is 16.5. The maximum absolute atomic E-state index is 12.4. The summed E-state index contributed by atoms with van der Waals surface area (Å²) < 4.78 is 5.35. The van der Waals surface area contributed by atoms with E-state index in [0.29, 0.717) is 17.9 Å². The summed E-state index contributed by atoms with van der Waals surface area (Å²) in [6.07, 6.45) is 0.863. The second kappa shape index (κ2) is 6.89. The molecule has 5 heteroatoms. The van der Waals surface area contributed by atoms with Crippen LogP contribution in [-0.2, 0) is 9.59 Å². The number of amides is 1. The van der Waals surface area contributed by atoms with Crippen molar-refractivity contribution in [2.75, 3.05) is 11.4 Å². The van der Waals surface area contributed by atoms with Crippen molar-refractivity contribution in [2.45, 2.75) is 20.3 Å². The second-order valence-corrected chi connectivity index (χ2v) is 6.23. The van der Waals surface area contributed by atoms with Gasteiger partial charge in [0.2, 0.25) is 5.91 Å². The number of aryl methyl sites for hydroxylation is 1. The van der Waals surface area contributed by atoms with E-state index in [1.807, 2.05) is 32.0 Å². The molecule has 25 heavy (non-hydrogen) atoms. The lowest BCUT2D eigenvalue weighted by atomic mass is 10.1. The topological polar surface area (TPSA) is 63.7 Å². The fourth-order valence-electron chi connectivity index (χ4n) is 2.94. The molecule has 128 valence electrons. The predicted molar refractivity (Wildman–Crippen MR) is 93.8 cm³/mol. The summed E-state index contributed by atoms with van der Waals surface area (Å²) in [4.78, 5) is 37.1. The Morgan fingerprint density at radius 2 is 1.88 bits per heavy atom. The van der Waals surface area contributed by atoms with Crippen LogP contribution < -0.4 is 9.64 Å². The Morgan fingerprint density at radius 1 is 1.16 bits per heavy atom. The molecule has 0 N–H and O–H groups in total. The Morgan fingerprint density at radius 3 is 2.56 bits per heavy atom. The largest absolute Gasteiger partial charge is 0.426 e. The molecule has 0 unspecified atom stereocenters. The number of carbonyl (C=O) groups is 3. The normalized spacial score (nSPS) is 16.8. The van der Waals surface area contributed by atoms with E-state index in [-0.39, 0.29) is 12.3 Å². The number of aldehydes is 1. The average Bonchev–Trinajstić information content (AvgIpc) is 3.00. The van der Waals surface area contributed by atoms with Gasteiger partial charge in [-0.25, -0.2) is 0 Å². The molecule has 0 saturated carbocycles. The van der Waals surface area contributed by atoms with E-state index in [2.05, 4.69) is 0 Å². The van der Waals surface area contributed by atoms with Gasteiger partial charge in [0.15, 0.2) is 0 Å². The Labute approximate surface area is 146 Å². The molecule has 1 saturated heterocycles. The molecule has 5 nitrogen and oxygen atoms in total. The van der Waals surface area contributed by atoms with Crippen LogP contribution in [0.25, 0.3) is 0 Å². The number of benzene rings is 2. The first-order valence-electron chi connectivity index (χ1n) is 8.13. The van der Waals surface area contributed by atoms with E-state index in [0.717, 1.165) is 23.1 Å². The third kappa shape index (κ3) is 3.45. The van der Waals surface area contributed by atoms with Gasteiger partial charge in [0.25, 0.3) is 0 Å². The van der Waals surface area contributed by atoms with Gasteiger partial charge in [0.05, 0.1) is 5.92 Å². The third-order valence-corrected chi connectivity index (χ3v) is 4.56. The molecule has 0 spiro atoms. The quantitative estimate of drug-likeness (QED) is 0.489. The zero-order valence-corrected chi connectivity index (χ0v) is 14.2. The Bertz CT molecular complexity index is 826. The summed E-state index contributed by atoms with van der Waals surface area (Å²) in [5, 5.41) is 0. The van der Waals surface area contributed by atoms with Gasteiger partial charge in [-0.05, 0) is 55.3 Å². The summed E-state index contributed by atoms with van der Waals surface area (Å²) in [7, 11) is 0. The average molecular weight is 337 g/mol. The zero-order valence-electron chi connectivity index (χ0n) is 14.2. The molecule has 1 amide bonds. The molecular formula is C20H19NO4. The standard InChI is InChI=1S/C20H19NO4/c1-13-4-3-5-18(14(13)2)21-11-16(10-19(21)23)20(24)25-17-8-6-15(12-22)7-9-17/h3-9,12,16H,10-11H2,1-2H3/t16-/m0/s1. The van der Waals surface area contributed by atoms with Gasteiger partial charge >= 0.3 is 5.97 Å². The van der Waals surface area contributed by atoms with Crippen LogP contribution >= 0.6 is 0 Å². The SMILES string of the molecule is Cc1cccc(N2C[C@@H](C(=O)Oc3ccc(C=O)cc3)CC2=O)c1C. The van der Waals surface area contributed by atoms with Crippen LogP contribution in [-0.4, -0.2) is 24.7 Å². The lowest BCUT2D eigenvalue weighted by Crippen LogP contribution is -2.28. The van der Waals surface area contributed by atoms with Gasteiger partial charge in [-0.3, -0.25) is 14.4 Å². The molecule has 2 aromatic rings. The van der Waals surface area contributed by atoms with Crippen LogP contribution in [0.15, 0.2) is 42.5 Å². The van der Waals surface area contributed by atoms with Crippen molar-refractivity contribution >= 4 is 23.9 Å². The van der Waals surface area contributed by atoms with Crippen LogP contribution in [0.4, 0.5) is 5.69 Å². The number of carbonyl (C=O) groups excluding carboxylic acids is 3. The fraction of sp³-hybridized carbons (Fsp3) is 0.250. The van der Waals surface area contributed by atoms with Gasteiger partial charge in [0.1, 0.15) is 12.0 Å². The predicted octanol–water partition coefficient (Wildman–Crippen LogP) is 3.07. The highest BCUT2D eigenvalue weighted by Crippen LogP contribution is 2.30. The van der Waals surface area contributed by atoms with Crippen LogP contribution in [0.3, 0.4) is 0 Å². The van der Waals surface area contributed by atoms with Gasteiger partial charge < -0.3 is 9.64 Å². The summed E-state index contributed by atoms with van der Waals surface area (Å²) in [6.45, 7) is 4.28. The first kappa shape index (κ1) is 16.9. The number of anilines is 1. The van der Waals surface area contributed by atoms with Crippen molar-refractivity contribution in [3.8, 4) is 5.75 Å². The Hall–Kier alpha value is -2.95. The molecule has 1 heterocycles. The number of hydrogen-bond donors (Lipinski definition) is 0. The van der Waals surface area contributed by atoms with Crippen LogP contribution in [0.1, 0.15) is 27.9 Å². The molecule has 0 aliphatic carbocycles. The fourth-order valence-corrected chi connectivity index (χ4v) is 2.94. The van der Waals surface area contributed by atoms with Crippen molar-refractivity contribution < 1.29 is 19.1 Å². The number of esters is 1. The molecule has 0 bridgehead atoms. The minimum Gasteiger partial charge on any atom is -0.426 e. The van der Waals surface area contributed by atoms with E-state index < -0.39 is 11.9 Å². The van der Waals surface area contributed by atoms with Crippen LogP contribution in [0.2, 0.25) is 0 Å². The smallest absolute Gasteiger partial charge is 0.316 e. The molecule has 2 aromatic carbocycles. The Kier molecular flexibility index (Phi) is 4.65. The summed E-state index contributed by atoms with van der Waals surface area (Å²) in [5.74, 6) is -0.640. The maximum Gasteiger partial charge on any atom is 0.316 e. The van der Waals surface area contributed by atoms with Gasteiger partial charge in [-0.15, -0.1) is 0 Å². The molecule has 1 aliphatic rings. The van der Waals surface area contributed by atoms with E-state index >= 15 is 0 Å².